The Morgan fingerprint density at radius 1 is 0.958 bits per heavy atom. The second-order valence-corrected chi connectivity index (χ2v) is 6.06. The third-order valence-electron chi connectivity index (χ3n) is 4.63. The largest absolute Gasteiger partial charge is 0.488 e. The van der Waals surface area contributed by atoms with Crippen LogP contribution in [-0.4, -0.2) is 22.2 Å². The van der Waals surface area contributed by atoms with Crippen LogP contribution in [0.1, 0.15) is 11.3 Å². The minimum absolute atomic E-state index is 0.543. The molecule has 2 heterocycles. The van der Waals surface area contributed by atoms with Crippen molar-refractivity contribution < 1.29 is 14.6 Å². The fraction of sp³-hybridized carbons (Fsp3) is 0.105. The molecule has 3 N–H and O–H groups in total. The predicted molar refractivity (Wildman–Crippen MR) is 96.1 cm³/mol. The molecule has 4 nitrogen and oxygen atoms in total. The number of nitrogens with one attached hydrogen (secondary N) is 1. The molecule has 2 aromatic heterocycles. The summed E-state index contributed by atoms with van der Waals surface area (Å²) in [5, 5.41) is 21.5. The third kappa shape index (κ3) is 2.38. The minimum atomic E-state index is -1.46. The molecule has 0 amide bonds. The van der Waals surface area contributed by atoms with Crippen LogP contribution in [0.5, 0.6) is 0 Å². The maximum absolute atomic E-state index is 9.56. The van der Waals surface area contributed by atoms with Gasteiger partial charge in [-0.25, -0.2) is 0 Å². The number of aromatic nitrogens is 2. The van der Waals surface area contributed by atoms with Gasteiger partial charge in [-0.05, 0) is 11.5 Å². The lowest BCUT2D eigenvalue weighted by atomic mass is 9.77. The van der Waals surface area contributed by atoms with Crippen molar-refractivity contribution in [1.29, 1.82) is 0 Å². The third-order valence-corrected chi connectivity index (χ3v) is 4.63. The molecular formula is C19H18BN2O2+. The van der Waals surface area contributed by atoms with E-state index in [1.165, 1.54) is 10.8 Å². The topological polar surface area (TPSA) is 60.1 Å². The molecule has 0 unspecified atom stereocenters. The average Bonchev–Trinajstić information content (AvgIpc) is 2.97. The quantitative estimate of drug-likeness (QED) is 0.397. The van der Waals surface area contributed by atoms with Crippen LogP contribution in [0.4, 0.5) is 0 Å². The molecule has 4 rings (SSSR count). The summed E-state index contributed by atoms with van der Waals surface area (Å²) < 4.78 is 2.12. The number of aryl methyl sites for hydroxylation is 1. The fourth-order valence-electron chi connectivity index (χ4n) is 3.33. The van der Waals surface area contributed by atoms with Crippen LogP contribution in [0.2, 0.25) is 0 Å². The molecule has 2 aromatic carbocycles. The van der Waals surface area contributed by atoms with E-state index in [-0.39, 0.29) is 0 Å². The van der Waals surface area contributed by atoms with Crippen molar-refractivity contribution in [2.24, 2.45) is 0 Å². The normalized spacial score (nSPS) is 11.3. The van der Waals surface area contributed by atoms with Crippen molar-refractivity contribution in [2.75, 3.05) is 0 Å². The first-order chi connectivity index (χ1) is 11.6. The molecule has 0 saturated heterocycles. The van der Waals surface area contributed by atoms with Gasteiger partial charge in [-0.15, -0.1) is 0 Å². The van der Waals surface area contributed by atoms with Crippen LogP contribution in [0.15, 0.2) is 60.8 Å². The number of pyridine rings is 1. The van der Waals surface area contributed by atoms with E-state index < -0.39 is 7.12 Å². The monoisotopic (exact) mass is 317 g/mol. The Morgan fingerprint density at radius 2 is 1.71 bits per heavy atom. The summed E-state index contributed by atoms with van der Waals surface area (Å²) in [7, 11) is -1.46. The molecular weight excluding hydrogens is 299 g/mol. The number of hydrogen-bond donors (Lipinski definition) is 3. The highest BCUT2D eigenvalue weighted by molar-refractivity contribution is 6.59. The number of H-pyrrole nitrogens is 1. The molecule has 0 aliphatic heterocycles. The lowest BCUT2D eigenvalue weighted by Crippen LogP contribution is -2.42. The predicted octanol–water partition coefficient (Wildman–Crippen LogP) is 1.65. The zero-order valence-electron chi connectivity index (χ0n) is 13.4. The number of para-hydroxylation sites is 1. The first kappa shape index (κ1) is 14.9. The molecule has 0 aliphatic carbocycles. The van der Waals surface area contributed by atoms with Gasteiger partial charge in [-0.3, -0.25) is 0 Å². The van der Waals surface area contributed by atoms with E-state index in [4.69, 9.17) is 0 Å². The number of hydrogen-bond acceptors (Lipinski definition) is 2. The van der Waals surface area contributed by atoms with Gasteiger partial charge in [0.05, 0.1) is 0 Å². The Balaban J connectivity index is 1.84. The summed E-state index contributed by atoms with van der Waals surface area (Å²) in [6.45, 7) is 2.67. The van der Waals surface area contributed by atoms with Gasteiger partial charge in [-0.1, -0.05) is 42.5 Å². The Hall–Kier alpha value is -2.63. The van der Waals surface area contributed by atoms with Crippen molar-refractivity contribution in [2.45, 2.75) is 13.5 Å². The summed E-state index contributed by atoms with van der Waals surface area (Å²) in [5.74, 6) is 0. The molecule has 0 saturated carbocycles. The van der Waals surface area contributed by atoms with E-state index in [0.29, 0.717) is 12.0 Å². The van der Waals surface area contributed by atoms with E-state index in [2.05, 4.69) is 40.9 Å². The zero-order valence-corrected chi connectivity index (χ0v) is 13.4. The molecule has 0 atom stereocenters. The number of rotatable bonds is 3. The summed E-state index contributed by atoms with van der Waals surface area (Å²) in [5.41, 5.74) is 4.79. The van der Waals surface area contributed by atoms with Gasteiger partial charge < -0.3 is 15.0 Å². The van der Waals surface area contributed by atoms with E-state index in [0.717, 1.165) is 22.3 Å². The van der Waals surface area contributed by atoms with E-state index >= 15 is 0 Å². The molecule has 0 aliphatic rings. The summed E-state index contributed by atoms with van der Waals surface area (Å²) in [4.78, 5) is 3.49. The van der Waals surface area contributed by atoms with Crippen LogP contribution >= 0.6 is 0 Å². The van der Waals surface area contributed by atoms with Crippen molar-refractivity contribution in [3.8, 4) is 0 Å². The van der Waals surface area contributed by atoms with Gasteiger partial charge in [0.15, 0.2) is 12.7 Å². The highest BCUT2D eigenvalue weighted by atomic mass is 16.4. The molecule has 24 heavy (non-hydrogen) atoms. The van der Waals surface area contributed by atoms with Gasteiger partial charge in [0, 0.05) is 34.8 Å². The van der Waals surface area contributed by atoms with Gasteiger partial charge in [-0.2, -0.15) is 4.57 Å². The Bertz CT molecular complexity index is 1040. The molecule has 0 bridgehead atoms. The van der Waals surface area contributed by atoms with Crippen LogP contribution in [-0.2, 0) is 6.54 Å². The molecule has 0 radical (unpaired) electrons. The van der Waals surface area contributed by atoms with Gasteiger partial charge in [0.2, 0.25) is 5.69 Å². The molecule has 5 heteroatoms. The summed E-state index contributed by atoms with van der Waals surface area (Å²) >= 11 is 0. The van der Waals surface area contributed by atoms with Gasteiger partial charge >= 0.3 is 7.12 Å². The van der Waals surface area contributed by atoms with Gasteiger partial charge in [0.25, 0.3) is 0 Å². The smallest absolute Gasteiger partial charge is 0.423 e. The second kappa shape index (κ2) is 5.78. The van der Waals surface area contributed by atoms with Crippen molar-refractivity contribution >= 4 is 34.4 Å². The van der Waals surface area contributed by atoms with Crippen molar-refractivity contribution in [3.63, 3.8) is 0 Å². The molecule has 0 fully saturated rings. The van der Waals surface area contributed by atoms with Crippen LogP contribution < -0.4 is 10.0 Å². The summed E-state index contributed by atoms with van der Waals surface area (Å²) in [6.07, 6.45) is 2.05. The Kier molecular flexibility index (Phi) is 3.60. The zero-order chi connectivity index (χ0) is 16.7. The fourth-order valence-corrected chi connectivity index (χ4v) is 3.33. The van der Waals surface area contributed by atoms with Gasteiger partial charge in [0.1, 0.15) is 5.52 Å². The first-order valence-electron chi connectivity index (χ1n) is 7.98. The van der Waals surface area contributed by atoms with E-state index in [1.807, 2.05) is 30.3 Å². The van der Waals surface area contributed by atoms with Crippen LogP contribution in [0, 0.1) is 6.92 Å². The van der Waals surface area contributed by atoms with E-state index in [1.54, 1.807) is 6.07 Å². The minimum Gasteiger partial charge on any atom is -0.423 e. The maximum atomic E-state index is 9.56. The average molecular weight is 317 g/mol. The summed E-state index contributed by atoms with van der Waals surface area (Å²) in [6, 6.07) is 17.8. The molecule has 118 valence electrons. The maximum Gasteiger partial charge on any atom is 0.488 e. The Morgan fingerprint density at radius 3 is 2.54 bits per heavy atom. The second-order valence-electron chi connectivity index (χ2n) is 6.06. The highest BCUT2D eigenvalue weighted by Gasteiger charge is 2.20. The van der Waals surface area contributed by atoms with Crippen molar-refractivity contribution in [1.82, 2.24) is 4.98 Å². The van der Waals surface area contributed by atoms with E-state index in [9.17, 15) is 10.0 Å². The van der Waals surface area contributed by atoms with Crippen molar-refractivity contribution in [3.05, 3.63) is 72.1 Å². The SMILES string of the molecule is Cc1c2[nH]c3ccccc3c2cc[n+]1Cc1ccccc1B(O)O. The first-order valence-corrected chi connectivity index (χ1v) is 7.98. The number of nitrogens with zero attached hydrogens (tertiary/aromatic N) is 1. The number of fused-ring (bicyclic) bond motifs is 3. The lowest BCUT2D eigenvalue weighted by Gasteiger charge is -2.07. The molecule has 0 spiro atoms. The number of benzene rings is 2. The lowest BCUT2D eigenvalue weighted by molar-refractivity contribution is -0.692. The van der Waals surface area contributed by atoms with Crippen LogP contribution in [0.25, 0.3) is 21.8 Å². The molecule has 4 aromatic rings. The van der Waals surface area contributed by atoms with Crippen LogP contribution in [0.3, 0.4) is 0 Å². The number of aromatic amines is 1. The standard InChI is InChI=1S/C19H17BN2O2/c1-13-19-16(15-7-3-5-9-18(15)21-19)10-11-22(13)12-14-6-2-4-8-17(14)20(23)24/h2-11,23-24H,12H2,1H3/p+1. The highest BCUT2D eigenvalue weighted by Crippen LogP contribution is 2.25. The Labute approximate surface area is 140 Å².